The summed E-state index contributed by atoms with van der Waals surface area (Å²) in [6, 6.07) is 0. The number of hydrogen-bond acceptors (Lipinski definition) is 2. The van der Waals surface area contributed by atoms with Gasteiger partial charge in [-0.1, -0.05) is 0 Å². The minimum Gasteiger partial charge on any atom is -1.00 e. The van der Waals surface area contributed by atoms with Crippen molar-refractivity contribution in [1.82, 2.24) is 0 Å². The van der Waals surface area contributed by atoms with Gasteiger partial charge in [0.25, 0.3) is 5.97 Å². The quantitative estimate of drug-likeness (QED) is 0.425. The summed E-state index contributed by atoms with van der Waals surface area (Å²) in [7, 11) is 0. The number of carboxylic acid groups (broad SMARTS) is 3. The Morgan fingerprint density at radius 3 is 1.22 bits per heavy atom. The fraction of sp³-hybridized carbons (Fsp3) is 0.333. The van der Waals surface area contributed by atoms with Crippen LogP contribution in [0.1, 0.15) is 9.78 Å². The largest absolute Gasteiger partial charge is 2.00 e. The number of aliphatic carboxylic acids is 1. The summed E-state index contributed by atoms with van der Waals surface area (Å²) in [5.41, 5.74) is 0. The van der Waals surface area contributed by atoms with E-state index < -0.39 is 12.1 Å². The van der Waals surface area contributed by atoms with Crippen LogP contribution in [-0.4, -0.2) is 50.5 Å². The molecular formula is C3H8MgO5. The van der Waals surface area contributed by atoms with Crippen LogP contribution in [0.5, 0.6) is 0 Å². The van der Waals surface area contributed by atoms with Crippen LogP contribution in [0.25, 0.3) is 0 Å². The third-order valence-corrected chi connectivity index (χ3v) is 0. The molecule has 0 aliphatic heterocycles. The number of carboxylic acids is 1. The molecule has 3 N–H and O–H groups in total. The van der Waals surface area contributed by atoms with E-state index in [1.807, 2.05) is 0 Å². The van der Waals surface area contributed by atoms with Gasteiger partial charge in [-0.15, -0.1) is 0 Å². The van der Waals surface area contributed by atoms with E-state index in [-0.39, 0.29) is 25.9 Å². The average molecular weight is 148 g/mol. The van der Waals surface area contributed by atoms with E-state index in [1.54, 1.807) is 0 Å². The van der Waals surface area contributed by atoms with Gasteiger partial charge in [-0.3, -0.25) is 4.79 Å². The minimum atomic E-state index is -1.83. The van der Waals surface area contributed by atoms with E-state index in [0.717, 1.165) is 6.92 Å². The first kappa shape index (κ1) is 15.8. The van der Waals surface area contributed by atoms with Crippen molar-refractivity contribution >= 4 is 35.2 Å². The normalized spacial score (nSPS) is 5.44. The van der Waals surface area contributed by atoms with Crippen molar-refractivity contribution in [2.75, 3.05) is 0 Å². The van der Waals surface area contributed by atoms with Crippen LogP contribution < -0.4 is 0 Å². The van der Waals surface area contributed by atoms with Crippen LogP contribution in [-0.2, 0) is 4.79 Å². The molecule has 0 aromatic carbocycles. The van der Waals surface area contributed by atoms with Gasteiger partial charge in [0.15, 0.2) is 0 Å². The van der Waals surface area contributed by atoms with E-state index in [2.05, 4.69) is 0 Å². The molecule has 0 aliphatic rings. The Kier molecular flexibility index (Phi) is 18.4. The fourth-order valence-corrected chi connectivity index (χ4v) is 0. The monoisotopic (exact) mass is 148 g/mol. The molecule has 0 unspecified atom stereocenters. The van der Waals surface area contributed by atoms with Gasteiger partial charge in [0, 0.05) is 6.92 Å². The summed E-state index contributed by atoms with van der Waals surface area (Å²) < 4.78 is 0. The van der Waals surface area contributed by atoms with Crippen molar-refractivity contribution in [3.05, 3.63) is 0 Å². The first-order chi connectivity index (χ1) is 3.46. The Morgan fingerprint density at radius 1 is 1.22 bits per heavy atom. The molecule has 0 atom stereocenters. The van der Waals surface area contributed by atoms with Crippen LogP contribution >= 0.6 is 0 Å². The van der Waals surface area contributed by atoms with E-state index in [4.69, 9.17) is 24.9 Å². The Morgan fingerprint density at radius 2 is 1.22 bits per heavy atom. The molecule has 0 amide bonds. The van der Waals surface area contributed by atoms with E-state index in [0.29, 0.717) is 0 Å². The van der Waals surface area contributed by atoms with Crippen molar-refractivity contribution in [2.24, 2.45) is 0 Å². The molecule has 0 radical (unpaired) electrons. The summed E-state index contributed by atoms with van der Waals surface area (Å²) in [5.74, 6) is -0.833. The van der Waals surface area contributed by atoms with Crippen molar-refractivity contribution < 1.29 is 27.8 Å². The average Bonchev–Trinajstić information content (AvgIpc) is 1.25. The van der Waals surface area contributed by atoms with Gasteiger partial charge < -0.3 is 18.2 Å². The van der Waals surface area contributed by atoms with Gasteiger partial charge in [0.2, 0.25) is 0 Å². The van der Waals surface area contributed by atoms with Gasteiger partial charge >= 0.3 is 29.2 Å². The molecule has 0 aromatic heterocycles. The zero-order chi connectivity index (χ0) is 7.15. The van der Waals surface area contributed by atoms with E-state index >= 15 is 0 Å². The molecule has 0 bridgehead atoms. The van der Waals surface area contributed by atoms with Gasteiger partial charge in [-0.05, 0) is 0 Å². The maximum atomic E-state index is 9.00. The molecular weight excluding hydrogens is 140 g/mol. The SMILES string of the molecule is CC(=O)O.O=C(O)O.[H-].[H-].[Mg+2]. The zero-order valence-corrected chi connectivity index (χ0v) is 6.28. The molecule has 0 rings (SSSR count). The molecule has 5 nitrogen and oxygen atoms in total. The molecule has 6 heteroatoms. The van der Waals surface area contributed by atoms with Gasteiger partial charge in [-0.25, -0.2) is 4.79 Å². The second kappa shape index (κ2) is 10.5. The Balaban J connectivity index is -0.0000000171. The number of rotatable bonds is 0. The number of hydrogen-bond donors (Lipinski definition) is 3. The second-order valence-corrected chi connectivity index (χ2v) is 0.802. The summed E-state index contributed by atoms with van der Waals surface area (Å²) >= 11 is 0. The third kappa shape index (κ3) is 933. The predicted octanol–water partition coefficient (Wildman–Crippen LogP) is 0.157. The van der Waals surface area contributed by atoms with Gasteiger partial charge in [0.05, 0.1) is 0 Å². The molecule has 0 saturated carbocycles. The van der Waals surface area contributed by atoms with Crippen molar-refractivity contribution in [3.8, 4) is 0 Å². The number of carbonyl (C=O) groups is 2. The van der Waals surface area contributed by atoms with Crippen LogP contribution in [0.4, 0.5) is 4.79 Å². The Hall–Kier alpha value is -0.494. The van der Waals surface area contributed by atoms with E-state index in [9.17, 15) is 0 Å². The Labute approximate surface area is 70.4 Å². The van der Waals surface area contributed by atoms with Crippen molar-refractivity contribution in [1.29, 1.82) is 0 Å². The zero-order valence-electron chi connectivity index (χ0n) is 6.87. The smallest absolute Gasteiger partial charge is 1.00 e. The molecule has 52 valence electrons. The van der Waals surface area contributed by atoms with Crippen molar-refractivity contribution in [2.45, 2.75) is 6.92 Å². The van der Waals surface area contributed by atoms with Crippen LogP contribution in [0.2, 0.25) is 0 Å². The minimum absolute atomic E-state index is 0. The molecule has 9 heavy (non-hydrogen) atoms. The first-order valence-corrected chi connectivity index (χ1v) is 1.58. The first-order valence-electron chi connectivity index (χ1n) is 1.58. The topological polar surface area (TPSA) is 94.8 Å². The van der Waals surface area contributed by atoms with Crippen LogP contribution in [0, 0.1) is 0 Å². The summed E-state index contributed by atoms with van der Waals surface area (Å²) in [4.78, 5) is 17.6. The molecule has 0 heterocycles. The maximum absolute atomic E-state index is 9.00. The molecule has 0 spiro atoms. The summed E-state index contributed by atoms with van der Waals surface area (Å²) in [6.07, 6.45) is -1.83. The summed E-state index contributed by atoms with van der Waals surface area (Å²) in [5, 5.41) is 21.4. The van der Waals surface area contributed by atoms with Gasteiger partial charge in [-0.2, -0.15) is 0 Å². The predicted molar refractivity (Wildman–Crippen MR) is 31.9 cm³/mol. The van der Waals surface area contributed by atoms with Crippen LogP contribution in [0.3, 0.4) is 0 Å². The molecule has 0 aliphatic carbocycles. The molecule has 0 fully saturated rings. The fourth-order valence-electron chi connectivity index (χ4n) is 0. The van der Waals surface area contributed by atoms with Crippen molar-refractivity contribution in [3.63, 3.8) is 0 Å². The van der Waals surface area contributed by atoms with Crippen LogP contribution in [0.15, 0.2) is 0 Å². The molecule has 0 aromatic rings. The van der Waals surface area contributed by atoms with Gasteiger partial charge in [0.1, 0.15) is 0 Å². The Bertz CT molecular complexity index is 77.7. The maximum Gasteiger partial charge on any atom is 2.00 e. The van der Waals surface area contributed by atoms with E-state index in [1.165, 1.54) is 0 Å². The standard InChI is InChI=1S/C2H4O2.CH2O3.Mg.2H/c1-2(3)4;2-1(3)4;;;/h1H3,(H,3,4);(H2,2,3,4);;;/q;;+2;2*-1. The second-order valence-electron chi connectivity index (χ2n) is 0.802. The third-order valence-electron chi connectivity index (χ3n) is 0. The summed E-state index contributed by atoms with van der Waals surface area (Å²) in [6.45, 7) is 1.08. The molecule has 0 saturated heterocycles.